The Morgan fingerprint density at radius 1 is 1.24 bits per heavy atom. The summed E-state index contributed by atoms with van der Waals surface area (Å²) >= 11 is 1.31. The molecule has 0 radical (unpaired) electrons. The number of anilines is 1. The summed E-state index contributed by atoms with van der Waals surface area (Å²) in [5.74, 6) is 0.334. The summed E-state index contributed by atoms with van der Waals surface area (Å²) < 4.78 is 14.9. The molecule has 0 aliphatic rings. The van der Waals surface area contributed by atoms with Crippen molar-refractivity contribution in [2.45, 2.75) is 25.9 Å². The highest BCUT2D eigenvalue weighted by Crippen LogP contribution is 2.21. The number of nitrogens with zero attached hydrogens (tertiary/aromatic N) is 5. The lowest BCUT2D eigenvalue weighted by atomic mass is 10.3. The van der Waals surface area contributed by atoms with Crippen molar-refractivity contribution in [1.29, 1.82) is 0 Å². The van der Waals surface area contributed by atoms with Crippen LogP contribution in [0.1, 0.15) is 18.3 Å². The molecule has 130 valence electrons. The van der Waals surface area contributed by atoms with Gasteiger partial charge in [-0.2, -0.15) is 0 Å². The van der Waals surface area contributed by atoms with Gasteiger partial charge in [-0.3, -0.25) is 9.20 Å². The molecule has 2 aromatic heterocycles. The second kappa shape index (κ2) is 7.18. The van der Waals surface area contributed by atoms with Crippen molar-refractivity contribution in [2.24, 2.45) is 0 Å². The Hall–Kier alpha value is -2.48. The lowest BCUT2D eigenvalue weighted by Crippen LogP contribution is -2.32. The molecule has 25 heavy (non-hydrogen) atoms. The zero-order valence-corrected chi connectivity index (χ0v) is 15.0. The molecule has 3 aromatic rings. The van der Waals surface area contributed by atoms with Crippen LogP contribution in [0.4, 0.5) is 10.1 Å². The van der Waals surface area contributed by atoms with E-state index in [0.717, 1.165) is 11.4 Å². The minimum Gasteiger partial charge on any atom is -0.312 e. The smallest absolute Gasteiger partial charge is 0.256 e. The van der Waals surface area contributed by atoms with Crippen molar-refractivity contribution in [3.05, 3.63) is 47.5 Å². The summed E-state index contributed by atoms with van der Waals surface area (Å²) in [7, 11) is 0. The Kier molecular flexibility index (Phi) is 4.98. The van der Waals surface area contributed by atoms with Crippen LogP contribution in [-0.2, 0) is 4.79 Å². The third-order valence-corrected chi connectivity index (χ3v) is 4.66. The number of rotatable bonds is 5. The normalized spacial score (nSPS) is 11.0. The van der Waals surface area contributed by atoms with E-state index in [-0.39, 0.29) is 17.5 Å². The number of amides is 1. The van der Waals surface area contributed by atoms with Crippen LogP contribution in [-0.4, -0.2) is 37.8 Å². The van der Waals surface area contributed by atoms with Crippen LogP contribution in [0.5, 0.6) is 0 Å². The Bertz CT molecular complexity index is 909. The van der Waals surface area contributed by atoms with Crippen molar-refractivity contribution in [3.8, 4) is 0 Å². The maximum Gasteiger partial charge on any atom is 0.256 e. The largest absolute Gasteiger partial charge is 0.312 e. The van der Waals surface area contributed by atoms with E-state index < -0.39 is 0 Å². The molecule has 8 heteroatoms. The molecule has 0 N–H and O–H groups in total. The van der Waals surface area contributed by atoms with Crippen LogP contribution in [0.2, 0.25) is 0 Å². The molecule has 0 unspecified atom stereocenters. The second-order valence-corrected chi connectivity index (χ2v) is 6.50. The molecule has 0 spiro atoms. The van der Waals surface area contributed by atoms with Gasteiger partial charge in [0.25, 0.3) is 5.78 Å². The molecular formula is C17H18FN5OS. The first-order valence-corrected chi connectivity index (χ1v) is 8.86. The molecule has 1 amide bonds. The molecule has 0 fully saturated rings. The average Bonchev–Trinajstić information content (AvgIpc) is 2.98. The zero-order valence-electron chi connectivity index (χ0n) is 14.2. The number of aryl methyl sites for hydroxylation is 2. The molecule has 0 saturated heterocycles. The van der Waals surface area contributed by atoms with Crippen LogP contribution in [0.3, 0.4) is 0 Å². The summed E-state index contributed by atoms with van der Waals surface area (Å²) in [5, 5.41) is 8.83. The van der Waals surface area contributed by atoms with Crippen LogP contribution >= 0.6 is 11.8 Å². The van der Waals surface area contributed by atoms with Gasteiger partial charge in [-0.05, 0) is 51.1 Å². The van der Waals surface area contributed by atoms with Gasteiger partial charge in [0.15, 0.2) is 5.16 Å². The molecule has 0 aliphatic heterocycles. The highest BCUT2D eigenvalue weighted by molar-refractivity contribution is 7.99. The van der Waals surface area contributed by atoms with Gasteiger partial charge in [0.1, 0.15) is 5.82 Å². The Morgan fingerprint density at radius 3 is 2.64 bits per heavy atom. The van der Waals surface area contributed by atoms with E-state index in [9.17, 15) is 9.18 Å². The average molecular weight is 359 g/mol. The van der Waals surface area contributed by atoms with Crippen molar-refractivity contribution >= 4 is 29.1 Å². The maximum atomic E-state index is 13.1. The molecular weight excluding hydrogens is 341 g/mol. The Morgan fingerprint density at radius 2 is 1.96 bits per heavy atom. The SMILES string of the molecule is CCN(C(=O)CSc1nnc2nc(C)cc(C)n12)c1ccc(F)cc1. The lowest BCUT2D eigenvalue weighted by Gasteiger charge is -2.20. The van der Waals surface area contributed by atoms with E-state index in [1.54, 1.807) is 17.0 Å². The fourth-order valence-corrected chi connectivity index (χ4v) is 3.48. The Labute approximate surface area is 149 Å². The topological polar surface area (TPSA) is 63.4 Å². The van der Waals surface area contributed by atoms with Gasteiger partial charge in [-0.25, -0.2) is 9.37 Å². The minimum atomic E-state index is -0.324. The van der Waals surface area contributed by atoms with E-state index >= 15 is 0 Å². The first-order valence-electron chi connectivity index (χ1n) is 7.87. The number of carbonyl (C=O) groups excluding carboxylic acids is 1. The van der Waals surface area contributed by atoms with E-state index in [4.69, 9.17) is 0 Å². The van der Waals surface area contributed by atoms with Crippen molar-refractivity contribution in [3.63, 3.8) is 0 Å². The number of hydrogen-bond donors (Lipinski definition) is 0. The lowest BCUT2D eigenvalue weighted by molar-refractivity contribution is -0.116. The monoisotopic (exact) mass is 359 g/mol. The fraction of sp³-hybridized carbons (Fsp3) is 0.294. The zero-order chi connectivity index (χ0) is 18.0. The number of hydrogen-bond acceptors (Lipinski definition) is 5. The minimum absolute atomic E-state index is 0.0754. The van der Waals surface area contributed by atoms with E-state index in [2.05, 4.69) is 15.2 Å². The van der Waals surface area contributed by atoms with Gasteiger partial charge < -0.3 is 4.90 Å². The van der Waals surface area contributed by atoms with E-state index in [0.29, 0.717) is 23.2 Å². The number of aromatic nitrogens is 4. The summed E-state index contributed by atoms with van der Waals surface area (Å²) in [6.07, 6.45) is 0. The third kappa shape index (κ3) is 3.63. The third-order valence-electron chi connectivity index (χ3n) is 3.74. The molecule has 6 nitrogen and oxygen atoms in total. The molecule has 2 heterocycles. The standard InChI is InChI=1S/C17H18FN5OS/c1-4-22(14-7-5-13(18)6-8-14)15(24)10-25-17-21-20-16-19-11(2)9-12(3)23(16)17/h5-9H,4,10H2,1-3H3. The van der Waals surface area contributed by atoms with Gasteiger partial charge >= 0.3 is 0 Å². The number of halogens is 1. The highest BCUT2D eigenvalue weighted by Gasteiger charge is 2.17. The predicted octanol–water partition coefficient (Wildman–Crippen LogP) is 3.03. The number of fused-ring (bicyclic) bond motifs is 1. The molecule has 0 atom stereocenters. The number of carbonyl (C=O) groups is 1. The van der Waals surface area contributed by atoms with Gasteiger partial charge in [0.2, 0.25) is 5.91 Å². The van der Waals surface area contributed by atoms with Gasteiger partial charge in [0.05, 0.1) is 5.75 Å². The van der Waals surface area contributed by atoms with Crippen LogP contribution < -0.4 is 4.90 Å². The van der Waals surface area contributed by atoms with E-state index in [1.807, 2.05) is 31.2 Å². The molecule has 0 bridgehead atoms. The fourth-order valence-electron chi connectivity index (χ4n) is 2.62. The predicted molar refractivity (Wildman–Crippen MR) is 95.4 cm³/mol. The summed E-state index contributed by atoms with van der Waals surface area (Å²) in [4.78, 5) is 18.5. The quantitative estimate of drug-likeness (QED) is 0.655. The molecule has 1 aromatic carbocycles. The highest BCUT2D eigenvalue weighted by atomic mass is 32.2. The van der Waals surface area contributed by atoms with Gasteiger partial charge in [-0.1, -0.05) is 11.8 Å². The van der Waals surface area contributed by atoms with Crippen LogP contribution in [0, 0.1) is 19.7 Å². The maximum absolute atomic E-state index is 13.1. The van der Waals surface area contributed by atoms with Crippen LogP contribution in [0.25, 0.3) is 5.78 Å². The van der Waals surface area contributed by atoms with E-state index in [1.165, 1.54) is 23.9 Å². The summed E-state index contributed by atoms with van der Waals surface area (Å²) in [6, 6.07) is 7.85. The molecule has 0 aliphatic carbocycles. The number of thioether (sulfide) groups is 1. The van der Waals surface area contributed by atoms with Crippen LogP contribution in [0.15, 0.2) is 35.5 Å². The van der Waals surface area contributed by atoms with Crippen molar-refractivity contribution in [1.82, 2.24) is 19.6 Å². The summed E-state index contributed by atoms with van der Waals surface area (Å²) in [5.41, 5.74) is 2.51. The molecule has 3 rings (SSSR count). The summed E-state index contributed by atoms with van der Waals surface area (Å²) in [6.45, 7) is 6.24. The number of benzene rings is 1. The van der Waals surface area contributed by atoms with Crippen molar-refractivity contribution < 1.29 is 9.18 Å². The first-order chi connectivity index (χ1) is 12.0. The van der Waals surface area contributed by atoms with Gasteiger partial charge in [0, 0.05) is 23.6 Å². The second-order valence-electron chi connectivity index (χ2n) is 5.56. The first kappa shape index (κ1) is 17.3. The van der Waals surface area contributed by atoms with Crippen molar-refractivity contribution in [2.75, 3.05) is 17.2 Å². The van der Waals surface area contributed by atoms with Gasteiger partial charge in [-0.15, -0.1) is 10.2 Å². The molecule has 0 saturated carbocycles. The Balaban J connectivity index is 1.76.